The van der Waals surface area contributed by atoms with Crippen LogP contribution in [0.3, 0.4) is 0 Å². The fraction of sp³-hybridized carbons (Fsp3) is 0.647. The number of hydrogen-bond donors (Lipinski definition) is 2. The second kappa shape index (κ2) is 7.94. The van der Waals surface area contributed by atoms with Gasteiger partial charge in [0.25, 0.3) is 0 Å². The molecule has 2 N–H and O–H groups in total. The molecular weight excluding hydrogens is 381 g/mol. The summed E-state index contributed by atoms with van der Waals surface area (Å²) in [6.45, 7) is 4.87. The zero-order chi connectivity index (χ0) is 19.7. The molecule has 0 saturated carbocycles. The number of hydrogen-bond acceptors (Lipinski definition) is 5. The lowest BCUT2D eigenvalue weighted by Crippen LogP contribution is -2.43. The first kappa shape index (κ1) is 20.4. The fourth-order valence-corrected chi connectivity index (χ4v) is 4.45. The molecule has 6 nitrogen and oxygen atoms in total. The highest BCUT2D eigenvalue weighted by molar-refractivity contribution is 7.88. The van der Waals surface area contributed by atoms with E-state index in [1.165, 1.54) is 6.07 Å². The van der Waals surface area contributed by atoms with E-state index in [-0.39, 0.29) is 6.04 Å². The van der Waals surface area contributed by atoms with Crippen LogP contribution in [0.5, 0.6) is 0 Å². The average Bonchev–Trinajstić information content (AvgIpc) is 3.01. The normalized spacial score (nSPS) is 22.4. The second-order valence-electron chi connectivity index (χ2n) is 7.19. The van der Waals surface area contributed by atoms with Crippen molar-refractivity contribution >= 4 is 15.7 Å². The third-order valence-corrected chi connectivity index (χ3v) is 5.69. The van der Waals surface area contributed by atoms with E-state index in [1.807, 2.05) is 4.90 Å². The number of piperazine rings is 1. The molecule has 152 valence electrons. The van der Waals surface area contributed by atoms with Crippen LogP contribution in [-0.4, -0.2) is 64.9 Å². The predicted molar refractivity (Wildman–Crippen MR) is 98.2 cm³/mol. The van der Waals surface area contributed by atoms with Gasteiger partial charge < -0.3 is 10.2 Å². The molecular formula is C17H25F3N4O2S. The van der Waals surface area contributed by atoms with Crippen molar-refractivity contribution < 1.29 is 21.6 Å². The van der Waals surface area contributed by atoms with Crippen molar-refractivity contribution in [3.8, 4) is 0 Å². The molecule has 10 heteroatoms. The molecule has 0 aromatic heterocycles. The molecule has 2 aliphatic heterocycles. The Morgan fingerprint density at radius 3 is 2.56 bits per heavy atom. The highest BCUT2D eigenvalue weighted by Gasteiger charge is 2.33. The number of halogens is 3. The molecule has 1 aromatic carbocycles. The Kier molecular flexibility index (Phi) is 5.99. The first-order chi connectivity index (χ1) is 12.6. The minimum atomic E-state index is -4.41. The summed E-state index contributed by atoms with van der Waals surface area (Å²) in [7, 11) is -3.35. The van der Waals surface area contributed by atoms with Crippen LogP contribution >= 0.6 is 0 Å². The molecule has 0 spiro atoms. The van der Waals surface area contributed by atoms with E-state index in [0.29, 0.717) is 31.7 Å². The lowest BCUT2D eigenvalue weighted by Gasteiger charge is -2.30. The standard InChI is InChI=1S/C17H25F3N4O2S/c1-27(25,26)22-15-4-7-24(12-15)16-10-14(17(18,19)20)3-2-13(16)11-23-8-5-21-6-9-23/h2-3,10,15,21-22H,4-9,11-12H2,1H3/t15-/m1/s1. The van der Waals surface area contributed by atoms with Crippen LogP contribution in [0.15, 0.2) is 18.2 Å². The van der Waals surface area contributed by atoms with Crippen molar-refractivity contribution in [2.24, 2.45) is 0 Å². The average molecular weight is 406 g/mol. The van der Waals surface area contributed by atoms with E-state index >= 15 is 0 Å². The highest BCUT2D eigenvalue weighted by Crippen LogP contribution is 2.35. The zero-order valence-corrected chi connectivity index (χ0v) is 16.0. The van der Waals surface area contributed by atoms with Crippen molar-refractivity contribution in [3.05, 3.63) is 29.3 Å². The Bertz CT molecular complexity index is 764. The molecule has 3 rings (SSSR count). The first-order valence-electron chi connectivity index (χ1n) is 8.97. The fourth-order valence-electron chi connectivity index (χ4n) is 3.66. The minimum Gasteiger partial charge on any atom is -0.370 e. The lowest BCUT2D eigenvalue weighted by molar-refractivity contribution is -0.137. The quantitative estimate of drug-likeness (QED) is 0.770. The zero-order valence-electron chi connectivity index (χ0n) is 15.2. The summed E-state index contributed by atoms with van der Waals surface area (Å²) in [5.41, 5.74) is 0.701. The molecule has 27 heavy (non-hydrogen) atoms. The van der Waals surface area contributed by atoms with Crippen molar-refractivity contribution in [1.82, 2.24) is 14.9 Å². The van der Waals surface area contributed by atoms with Crippen LogP contribution < -0.4 is 14.9 Å². The van der Waals surface area contributed by atoms with Crippen LogP contribution in [0.2, 0.25) is 0 Å². The predicted octanol–water partition coefficient (Wildman–Crippen LogP) is 1.24. The third-order valence-electron chi connectivity index (χ3n) is 4.93. The summed E-state index contributed by atoms with van der Waals surface area (Å²) < 4.78 is 65.1. The summed E-state index contributed by atoms with van der Waals surface area (Å²) in [6, 6.07) is 3.59. The van der Waals surface area contributed by atoms with E-state index in [1.54, 1.807) is 6.07 Å². The van der Waals surface area contributed by atoms with E-state index in [2.05, 4.69) is 14.9 Å². The number of rotatable bonds is 5. The third kappa shape index (κ3) is 5.56. The summed E-state index contributed by atoms with van der Waals surface area (Å²) >= 11 is 0. The van der Waals surface area contributed by atoms with Gasteiger partial charge in [-0.05, 0) is 24.1 Å². The molecule has 2 fully saturated rings. The maximum atomic E-state index is 13.2. The Balaban J connectivity index is 1.83. The highest BCUT2D eigenvalue weighted by atomic mass is 32.2. The van der Waals surface area contributed by atoms with Gasteiger partial charge >= 0.3 is 6.18 Å². The number of nitrogens with zero attached hydrogens (tertiary/aromatic N) is 2. The van der Waals surface area contributed by atoms with E-state index in [9.17, 15) is 21.6 Å². The Morgan fingerprint density at radius 2 is 1.93 bits per heavy atom. The monoisotopic (exact) mass is 406 g/mol. The van der Waals surface area contributed by atoms with Gasteiger partial charge in [-0.15, -0.1) is 0 Å². The molecule has 2 saturated heterocycles. The van der Waals surface area contributed by atoms with Gasteiger partial charge in [0.15, 0.2) is 0 Å². The molecule has 0 aliphatic carbocycles. The van der Waals surface area contributed by atoms with Gasteiger partial charge in [0.05, 0.1) is 11.8 Å². The topological polar surface area (TPSA) is 64.7 Å². The molecule has 2 heterocycles. The first-order valence-corrected chi connectivity index (χ1v) is 10.9. The summed E-state index contributed by atoms with van der Waals surface area (Å²) in [5, 5.41) is 3.26. The number of benzene rings is 1. The van der Waals surface area contributed by atoms with Crippen LogP contribution in [0.4, 0.5) is 18.9 Å². The largest absolute Gasteiger partial charge is 0.416 e. The smallest absolute Gasteiger partial charge is 0.370 e. The summed E-state index contributed by atoms with van der Waals surface area (Å²) in [4.78, 5) is 4.07. The second-order valence-corrected chi connectivity index (χ2v) is 8.97. The number of anilines is 1. The van der Waals surface area contributed by atoms with Crippen LogP contribution in [0.25, 0.3) is 0 Å². The van der Waals surface area contributed by atoms with Gasteiger partial charge in [0.2, 0.25) is 10.0 Å². The Hall–Kier alpha value is -1.36. The van der Waals surface area contributed by atoms with Crippen LogP contribution in [0, 0.1) is 0 Å². The van der Waals surface area contributed by atoms with Crippen molar-refractivity contribution in [2.75, 3.05) is 50.4 Å². The van der Waals surface area contributed by atoms with E-state index < -0.39 is 21.8 Å². The van der Waals surface area contributed by atoms with Gasteiger partial charge in [0, 0.05) is 57.5 Å². The van der Waals surface area contributed by atoms with Crippen LogP contribution in [-0.2, 0) is 22.7 Å². The Morgan fingerprint density at radius 1 is 1.22 bits per heavy atom. The molecule has 0 amide bonds. The number of alkyl halides is 3. The van der Waals surface area contributed by atoms with E-state index in [4.69, 9.17) is 0 Å². The van der Waals surface area contributed by atoms with Gasteiger partial charge in [-0.2, -0.15) is 13.2 Å². The number of nitrogens with one attached hydrogen (secondary N) is 2. The molecule has 0 radical (unpaired) electrons. The summed E-state index contributed by atoms with van der Waals surface area (Å²) in [6.07, 6.45) is -2.75. The van der Waals surface area contributed by atoms with Crippen LogP contribution in [0.1, 0.15) is 17.5 Å². The van der Waals surface area contributed by atoms with Gasteiger partial charge in [0.1, 0.15) is 0 Å². The minimum absolute atomic E-state index is 0.290. The van der Waals surface area contributed by atoms with E-state index in [0.717, 1.165) is 44.1 Å². The van der Waals surface area contributed by atoms with Gasteiger partial charge in [-0.1, -0.05) is 6.07 Å². The maximum absolute atomic E-state index is 13.2. The maximum Gasteiger partial charge on any atom is 0.416 e. The van der Waals surface area contributed by atoms with Crippen molar-refractivity contribution in [3.63, 3.8) is 0 Å². The molecule has 1 atom stereocenters. The molecule has 0 bridgehead atoms. The number of sulfonamides is 1. The van der Waals surface area contributed by atoms with Crippen molar-refractivity contribution in [2.45, 2.75) is 25.2 Å². The van der Waals surface area contributed by atoms with Gasteiger partial charge in [-0.25, -0.2) is 13.1 Å². The lowest BCUT2D eigenvalue weighted by atomic mass is 10.1. The van der Waals surface area contributed by atoms with Gasteiger partial charge in [-0.3, -0.25) is 4.90 Å². The molecule has 0 unspecified atom stereocenters. The Labute approximate surface area is 157 Å². The molecule has 1 aromatic rings. The van der Waals surface area contributed by atoms with Crippen molar-refractivity contribution in [1.29, 1.82) is 0 Å². The molecule has 2 aliphatic rings. The SMILES string of the molecule is CS(=O)(=O)N[C@@H]1CCN(c2cc(C(F)(F)F)ccc2CN2CCNCC2)C1. The summed E-state index contributed by atoms with van der Waals surface area (Å²) in [5.74, 6) is 0.